The van der Waals surface area contributed by atoms with Gasteiger partial charge in [0.2, 0.25) is 0 Å². The highest BCUT2D eigenvalue weighted by atomic mass is 16.4. The molecule has 0 amide bonds. The predicted molar refractivity (Wildman–Crippen MR) is 83.5 cm³/mol. The summed E-state index contributed by atoms with van der Waals surface area (Å²) in [5.41, 5.74) is 3.62. The van der Waals surface area contributed by atoms with Crippen molar-refractivity contribution >= 4 is 5.97 Å². The van der Waals surface area contributed by atoms with Gasteiger partial charge in [0, 0.05) is 6.42 Å². The number of aliphatic carboxylic acids is 1. The van der Waals surface area contributed by atoms with E-state index >= 15 is 0 Å². The van der Waals surface area contributed by atoms with E-state index in [1.165, 1.54) is 11.1 Å². The highest BCUT2D eigenvalue weighted by molar-refractivity contribution is 5.66. The Morgan fingerprint density at radius 3 is 2.33 bits per heavy atom. The van der Waals surface area contributed by atoms with Crippen molar-refractivity contribution in [2.75, 3.05) is 0 Å². The SMILES string of the molecule is CC1C(C)(C)c2ccc(C(O)CCC(=O)O)cc2C1(C)C. The summed E-state index contributed by atoms with van der Waals surface area (Å²) in [4.78, 5) is 10.6. The normalized spacial score (nSPS) is 23.6. The van der Waals surface area contributed by atoms with Gasteiger partial charge in [-0.15, -0.1) is 0 Å². The Labute approximate surface area is 127 Å². The third-order valence-corrected chi connectivity index (χ3v) is 5.61. The molecule has 0 fully saturated rings. The molecule has 0 saturated carbocycles. The van der Waals surface area contributed by atoms with Crippen LogP contribution in [0.25, 0.3) is 0 Å². The Balaban J connectivity index is 2.36. The van der Waals surface area contributed by atoms with Crippen molar-refractivity contribution in [3.05, 3.63) is 34.9 Å². The van der Waals surface area contributed by atoms with Gasteiger partial charge in [0.05, 0.1) is 6.10 Å². The number of rotatable bonds is 4. The molecule has 2 unspecified atom stereocenters. The first-order valence-electron chi connectivity index (χ1n) is 7.63. The molecule has 3 nitrogen and oxygen atoms in total. The van der Waals surface area contributed by atoms with E-state index in [0.29, 0.717) is 5.92 Å². The summed E-state index contributed by atoms with van der Waals surface area (Å²) in [6.07, 6.45) is -0.460. The fraction of sp³-hybridized carbons (Fsp3) is 0.611. The Morgan fingerprint density at radius 2 is 1.76 bits per heavy atom. The molecular weight excluding hydrogens is 264 g/mol. The lowest BCUT2D eigenvalue weighted by Crippen LogP contribution is -2.30. The van der Waals surface area contributed by atoms with Crippen LogP contribution < -0.4 is 0 Å². The van der Waals surface area contributed by atoms with E-state index < -0.39 is 12.1 Å². The number of fused-ring (bicyclic) bond motifs is 1. The number of hydrogen-bond acceptors (Lipinski definition) is 2. The highest BCUT2D eigenvalue weighted by Crippen LogP contribution is 2.53. The van der Waals surface area contributed by atoms with Gasteiger partial charge in [-0.05, 0) is 39.9 Å². The van der Waals surface area contributed by atoms with Gasteiger partial charge < -0.3 is 10.2 Å². The average Bonchev–Trinajstić information content (AvgIpc) is 2.55. The van der Waals surface area contributed by atoms with E-state index in [9.17, 15) is 9.90 Å². The molecule has 0 radical (unpaired) electrons. The largest absolute Gasteiger partial charge is 0.481 e. The molecule has 0 spiro atoms. The highest BCUT2D eigenvalue weighted by Gasteiger charge is 2.48. The van der Waals surface area contributed by atoms with E-state index in [2.05, 4.69) is 46.8 Å². The van der Waals surface area contributed by atoms with E-state index in [0.717, 1.165) is 5.56 Å². The zero-order chi connectivity index (χ0) is 16.0. The zero-order valence-corrected chi connectivity index (χ0v) is 13.6. The summed E-state index contributed by atoms with van der Waals surface area (Å²) in [6.45, 7) is 11.3. The number of aliphatic hydroxyl groups excluding tert-OH is 1. The third kappa shape index (κ3) is 2.59. The number of carboxylic acid groups (broad SMARTS) is 1. The van der Waals surface area contributed by atoms with Crippen LogP contribution in [0, 0.1) is 5.92 Å². The molecule has 1 aromatic carbocycles. The summed E-state index contributed by atoms with van der Waals surface area (Å²) in [5, 5.41) is 18.9. The Hall–Kier alpha value is -1.35. The van der Waals surface area contributed by atoms with Crippen molar-refractivity contribution in [3.63, 3.8) is 0 Å². The monoisotopic (exact) mass is 290 g/mol. The molecule has 0 saturated heterocycles. The molecule has 1 aromatic rings. The third-order valence-electron chi connectivity index (χ3n) is 5.61. The molecule has 2 rings (SSSR count). The van der Waals surface area contributed by atoms with E-state index in [1.807, 2.05) is 6.07 Å². The van der Waals surface area contributed by atoms with Gasteiger partial charge in [-0.1, -0.05) is 52.8 Å². The number of aliphatic hydroxyl groups is 1. The van der Waals surface area contributed by atoms with Gasteiger partial charge in [0.15, 0.2) is 0 Å². The fourth-order valence-electron chi connectivity index (χ4n) is 3.66. The molecule has 0 aliphatic heterocycles. The van der Waals surface area contributed by atoms with Crippen LogP contribution >= 0.6 is 0 Å². The first-order chi connectivity index (χ1) is 9.58. The smallest absolute Gasteiger partial charge is 0.303 e. The number of hydrogen-bond donors (Lipinski definition) is 2. The van der Waals surface area contributed by atoms with Crippen molar-refractivity contribution < 1.29 is 15.0 Å². The fourth-order valence-corrected chi connectivity index (χ4v) is 3.66. The van der Waals surface area contributed by atoms with Crippen LogP contribution in [-0.4, -0.2) is 16.2 Å². The summed E-state index contributed by atoms with van der Waals surface area (Å²) >= 11 is 0. The standard InChI is InChI=1S/C18H26O3/c1-11-17(2,3)13-7-6-12(10-14(13)18(11,4)5)15(19)8-9-16(20)21/h6-7,10-11,15,19H,8-9H2,1-5H3,(H,20,21). The number of benzene rings is 1. The van der Waals surface area contributed by atoms with Crippen LogP contribution in [-0.2, 0) is 15.6 Å². The van der Waals surface area contributed by atoms with Crippen LogP contribution in [0.5, 0.6) is 0 Å². The zero-order valence-electron chi connectivity index (χ0n) is 13.6. The van der Waals surface area contributed by atoms with Crippen molar-refractivity contribution in [3.8, 4) is 0 Å². The maximum Gasteiger partial charge on any atom is 0.303 e. The molecule has 1 aliphatic rings. The quantitative estimate of drug-likeness (QED) is 0.887. The predicted octanol–water partition coefficient (Wildman–Crippen LogP) is 3.79. The molecule has 2 N–H and O–H groups in total. The Bertz CT molecular complexity index is 558. The average molecular weight is 290 g/mol. The molecule has 2 atom stereocenters. The Morgan fingerprint density at radius 1 is 1.19 bits per heavy atom. The van der Waals surface area contributed by atoms with Gasteiger partial charge in [0.1, 0.15) is 0 Å². The molecule has 0 aromatic heterocycles. The lowest BCUT2D eigenvalue weighted by atomic mass is 9.71. The summed E-state index contributed by atoms with van der Waals surface area (Å²) in [7, 11) is 0. The summed E-state index contributed by atoms with van der Waals surface area (Å²) in [6, 6.07) is 6.13. The van der Waals surface area contributed by atoms with E-state index in [1.54, 1.807) is 0 Å². The van der Waals surface area contributed by atoms with Crippen molar-refractivity contribution in [1.82, 2.24) is 0 Å². The van der Waals surface area contributed by atoms with E-state index in [4.69, 9.17) is 5.11 Å². The summed E-state index contributed by atoms with van der Waals surface area (Å²) < 4.78 is 0. The van der Waals surface area contributed by atoms with Crippen LogP contribution in [0.2, 0.25) is 0 Å². The summed E-state index contributed by atoms with van der Waals surface area (Å²) in [5.74, 6) is -0.364. The lowest BCUT2D eigenvalue weighted by Gasteiger charge is -2.32. The maximum absolute atomic E-state index is 10.6. The van der Waals surface area contributed by atoms with Gasteiger partial charge >= 0.3 is 5.97 Å². The second kappa shape index (κ2) is 5.13. The lowest BCUT2D eigenvalue weighted by molar-refractivity contribution is -0.137. The topological polar surface area (TPSA) is 57.5 Å². The second-order valence-electron chi connectivity index (χ2n) is 7.42. The first-order valence-corrected chi connectivity index (χ1v) is 7.63. The molecule has 0 heterocycles. The minimum absolute atomic E-state index is 0.0104. The molecule has 3 heteroatoms. The number of carboxylic acids is 1. The van der Waals surface area contributed by atoms with E-state index in [-0.39, 0.29) is 23.7 Å². The van der Waals surface area contributed by atoms with Crippen molar-refractivity contribution in [2.45, 2.75) is 64.4 Å². The van der Waals surface area contributed by atoms with Crippen molar-refractivity contribution in [1.29, 1.82) is 0 Å². The van der Waals surface area contributed by atoms with Crippen LogP contribution in [0.15, 0.2) is 18.2 Å². The van der Waals surface area contributed by atoms with Gasteiger partial charge in [-0.2, -0.15) is 0 Å². The van der Waals surface area contributed by atoms with Gasteiger partial charge in [-0.25, -0.2) is 0 Å². The Kier molecular flexibility index (Phi) is 3.92. The van der Waals surface area contributed by atoms with Crippen LogP contribution in [0.3, 0.4) is 0 Å². The van der Waals surface area contributed by atoms with Gasteiger partial charge in [0.25, 0.3) is 0 Å². The minimum Gasteiger partial charge on any atom is -0.481 e. The number of carbonyl (C=O) groups is 1. The second-order valence-corrected chi connectivity index (χ2v) is 7.42. The van der Waals surface area contributed by atoms with Crippen molar-refractivity contribution in [2.24, 2.45) is 5.92 Å². The molecule has 116 valence electrons. The maximum atomic E-state index is 10.6. The van der Waals surface area contributed by atoms with Crippen LogP contribution in [0.1, 0.15) is 70.3 Å². The van der Waals surface area contributed by atoms with Gasteiger partial charge in [-0.3, -0.25) is 4.79 Å². The molecule has 21 heavy (non-hydrogen) atoms. The molecular formula is C18H26O3. The van der Waals surface area contributed by atoms with Crippen LogP contribution in [0.4, 0.5) is 0 Å². The molecule has 0 bridgehead atoms. The first kappa shape index (κ1) is 16.0. The molecule has 1 aliphatic carbocycles. The minimum atomic E-state index is -0.870.